The molecule has 1 rings (SSSR count). The second-order valence-corrected chi connectivity index (χ2v) is 4.49. The van der Waals surface area contributed by atoms with Gasteiger partial charge in [-0.2, -0.15) is 8.78 Å². The van der Waals surface area contributed by atoms with Crippen molar-refractivity contribution in [1.29, 1.82) is 0 Å². The minimum atomic E-state index is -4.65. The lowest BCUT2D eigenvalue weighted by Gasteiger charge is -2.21. The standard InChI is InChI=1S/C7H6F2NO4S/c8-7(9)15(13,14)6-3-1-5(2-4-6)10(11)12/h1-4,7,11H/q-1. The van der Waals surface area contributed by atoms with Crippen molar-refractivity contribution in [1.82, 2.24) is 0 Å². The Kier molecular flexibility index (Phi) is 3.22. The molecule has 1 N–H and O–H groups in total. The van der Waals surface area contributed by atoms with Crippen LogP contribution in [0, 0.1) is 5.21 Å². The van der Waals surface area contributed by atoms with Gasteiger partial charge >= 0.3 is 5.76 Å². The fourth-order valence-corrected chi connectivity index (χ4v) is 1.59. The van der Waals surface area contributed by atoms with E-state index in [4.69, 9.17) is 5.21 Å². The lowest BCUT2D eigenvalue weighted by molar-refractivity contribution is 0.234. The van der Waals surface area contributed by atoms with Crippen LogP contribution in [0.25, 0.3) is 0 Å². The highest BCUT2D eigenvalue weighted by molar-refractivity contribution is 7.91. The maximum atomic E-state index is 12.0. The molecule has 0 amide bonds. The number of rotatable bonds is 3. The summed E-state index contributed by atoms with van der Waals surface area (Å²) >= 11 is 0. The second-order valence-electron chi connectivity index (χ2n) is 2.57. The van der Waals surface area contributed by atoms with Gasteiger partial charge in [0.15, 0.2) is 0 Å². The first-order valence-electron chi connectivity index (χ1n) is 3.64. The molecule has 0 unspecified atom stereocenters. The number of halogens is 2. The van der Waals surface area contributed by atoms with Gasteiger partial charge in [-0.05, 0) is 24.3 Å². The van der Waals surface area contributed by atoms with E-state index >= 15 is 0 Å². The first-order valence-corrected chi connectivity index (χ1v) is 5.18. The third-order valence-corrected chi connectivity index (χ3v) is 3.02. The lowest BCUT2D eigenvalue weighted by Crippen LogP contribution is -2.12. The smallest absolute Gasteiger partial charge is 0.341 e. The van der Waals surface area contributed by atoms with E-state index in [0.29, 0.717) is 0 Å². The lowest BCUT2D eigenvalue weighted by atomic mass is 10.3. The topological polar surface area (TPSA) is 80.7 Å². The zero-order valence-electron chi connectivity index (χ0n) is 7.17. The number of hydrogen-bond donors (Lipinski definition) is 1. The number of nitrogens with zero attached hydrogens (tertiary/aromatic N) is 1. The summed E-state index contributed by atoms with van der Waals surface area (Å²) < 4.78 is 45.9. The normalized spacial score (nSPS) is 11.8. The van der Waals surface area contributed by atoms with Crippen molar-refractivity contribution in [2.45, 2.75) is 10.7 Å². The molecule has 0 fully saturated rings. The molecule has 1 aromatic rings. The molecule has 0 aliphatic rings. The molecule has 0 radical (unpaired) electrons. The van der Waals surface area contributed by atoms with Crippen LogP contribution in [0.5, 0.6) is 0 Å². The maximum absolute atomic E-state index is 12.0. The predicted molar refractivity (Wildman–Crippen MR) is 47.3 cm³/mol. The predicted octanol–water partition coefficient (Wildman–Crippen LogP) is 1.38. The van der Waals surface area contributed by atoms with Gasteiger partial charge in [-0.15, -0.1) is 0 Å². The summed E-state index contributed by atoms with van der Waals surface area (Å²) in [6, 6.07) is 3.47. The molecule has 5 nitrogen and oxygen atoms in total. The van der Waals surface area contributed by atoms with Gasteiger partial charge in [0.1, 0.15) is 0 Å². The molecule has 15 heavy (non-hydrogen) atoms. The quantitative estimate of drug-likeness (QED) is 0.804. The van der Waals surface area contributed by atoms with Gasteiger partial charge in [-0.25, -0.2) is 8.42 Å². The minimum absolute atomic E-state index is 0.247. The maximum Gasteiger partial charge on any atom is 0.341 e. The van der Waals surface area contributed by atoms with Gasteiger partial charge < -0.3 is 10.4 Å². The van der Waals surface area contributed by atoms with Gasteiger partial charge in [0.25, 0.3) is 0 Å². The Balaban J connectivity index is 3.10. The van der Waals surface area contributed by atoms with Crippen LogP contribution >= 0.6 is 0 Å². The number of alkyl halides is 2. The summed E-state index contributed by atoms with van der Waals surface area (Å²) in [5.41, 5.74) is -0.247. The molecule has 0 spiro atoms. The molecule has 0 aliphatic heterocycles. The molecule has 84 valence electrons. The van der Waals surface area contributed by atoms with E-state index in [1.807, 2.05) is 0 Å². The van der Waals surface area contributed by atoms with E-state index in [-0.39, 0.29) is 5.69 Å². The van der Waals surface area contributed by atoms with Gasteiger partial charge in [-0.3, -0.25) is 5.21 Å². The highest BCUT2D eigenvalue weighted by Crippen LogP contribution is 2.21. The molecular formula is C7H6F2NO4S-. The average Bonchev–Trinajstić information content (AvgIpc) is 2.17. The van der Waals surface area contributed by atoms with Crippen molar-refractivity contribution in [2.75, 3.05) is 5.23 Å². The molecule has 0 heterocycles. The number of sulfone groups is 1. The molecule has 0 bridgehead atoms. The number of anilines is 1. The first kappa shape index (κ1) is 11.8. The van der Waals surface area contributed by atoms with Crippen molar-refractivity contribution in [3.63, 3.8) is 0 Å². The summed E-state index contributed by atoms with van der Waals surface area (Å²) in [5.74, 6) is -3.51. The molecule has 0 saturated heterocycles. The van der Waals surface area contributed by atoms with E-state index in [0.717, 1.165) is 24.3 Å². The zero-order chi connectivity index (χ0) is 11.6. The minimum Gasteiger partial charge on any atom is -0.733 e. The van der Waals surface area contributed by atoms with Crippen molar-refractivity contribution in [2.24, 2.45) is 0 Å². The molecule has 1 aromatic carbocycles. The SMILES string of the molecule is O=S(=O)(c1ccc(N([O-])O)cc1)C(F)F. The highest BCUT2D eigenvalue weighted by atomic mass is 32.2. The Morgan fingerprint density at radius 2 is 1.73 bits per heavy atom. The number of hydrogen-bond acceptors (Lipinski definition) is 5. The Hall–Kier alpha value is -1.25. The van der Waals surface area contributed by atoms with Gasteiger partial charge in [-0.1, -0.05) is 0 Å². The molecule has 0 atom stereocenters. The highest BCUT2D eigenvalue weighted by Gasteiger charge is 2.26. The molecule has 0 aliphatic carbocycles. The fraction of sp³-hybridized carbons (Fsp3) is 0.143. The van der Waals surface area contributed by atoms with Crippen LogP contribution in [-0.4, -0.2) is 19.4 Å². The van der Waals surface area contributed by atoms with Crippen LogP contribution in [0.15, 0.2) is 29.2 Å². The Morgan fingerprint density at radius 1 is 1.27 bits per heavy atom. The van der Waals surface area contributed by atoms with Crippen LogP contribution in [0.2, 0.25) is 0 Å². The molecule has 0 saturated carbocycles. The molecule has 0 aromatic heterocycles. The Morgan fingerprint density at radius 3 is 2.07 bits per heavy atom. The van der Waals surface area contributed by atoms with Crippen LogP contribution in [0.3, 0.4) is 0 Å². The van der Waals surface area contributed by atoms with Crippen molar-refractivity contribution in [3.05, 3.63) is 29.5 Å². The van der Waals surface area contributed by atoms with E-state index in [9.17, 15) is 22.4 Å². The second kappa shape index (κ2) is 4.09. The van der Waals surface area contributed by atoms with Crippen molar-refractivity contribution >= 4 is 15.5 Å². The summed E-state index contributed by atoms with van der Waals surface area (Å²) in [7, 11) is -4.65. The van der Waals surface area contributed by atoms with Crippen molar-refractivity contribution < 1.29 is 22.4 Å². The van der Waals surface area contributed by atoms with Gasteiger partial charge in [0.2, 0.25) is 9.84 Å². The monoisotopic (exact) mass is 238 g/mol. The Bertz CT molecular complexity index is 429. The number of benzene rings is 1. The van der Waals surface area contributed by atoms with E-state index in [2.05, 4.69) is 0 Å². The largest absolute Gasteiger partial charge is 0.733 e. The van der Waals surface area contributed by atoms with Crippen LogP contribution in [0.1, 0.15) is 0 Å². The van der Waals surface area contributed by atoms with E-state index < -0.39 is 25.7 Å². The van der Waals surface area contributed by atoms with E-state index in [1.165, 1.54) is 0 Å². The van der Waals surface area contributed by atoms with Gasteiger partial charge in [0.05, 0.1) is 10.6 Å². The Labute approximate surface area is 84.0 Å². The van der Waals surface area contributed by atoms with Crippen LogP contribution < -0.4 is 5.23 Å². The van der Waals surface area contributed by atoms with Crippen molar-refractivity contribution in [3.8, 4) is 0 Å². The summed E-state index contributed by atoms with van der Waals surface area (Å²) in [6.45, 7) is 0. The summed E-state index contributed by atoms with van der Waals surface area (Å²) in [5, 5.41) is 18.2. The van der Waals surface area contributed by atoms with Crippen LogP contribution in [0.4, 0.5) is 14.5 Å². The third kappa shape index (κ3) is 2.41. The average molecular weight is 238 g/mol. The first-order chi connectivity index (χ1) is 6.85. The van der Waals surface area contributed by atoms with Crippen LogP contribution in [-0.2, 0) is 9.84 Å². The third-order valence-electron chi connectivity index (χ3n) is 1.62. The van der Waals surface area contributed by atoms with Gasteiger partial charge in [0, 0.05) is 0 Å². The van der Waals surface area contributed by atoms with E-state index in [1.54, 1.807) is 0 Å². The molecule has 8 heteroatoms. The zero-order valence-corrected chi connectivity index (χ0v) is 7.99. The fourth-order valence-electron chi connectivity index (χ4n) is 0.866. The molecular weight excluding hydrogens is 232 g/mol. The summed E-state index contributed by atoms with van der Waals surface area (Å²) in [6.07, 6.45) is 0. The summed E-state index contributed by atoms with van der Waals surface area (Å²) in [4.78, 5) is -0.608.